The van der Waals surface area contributed by atoms with Gasteiger partial charge >= 0.3 is 0 Å². The lowest BCUT2D eigenvalue weighted by molar-refractivity contribution is 0.301. The predicted octanol–water partition coefficient (Wildman–Crippen LogP) is 2.67. The standard InChI is InChI=1S/C12H16F2N2/c13-9-6-8(7-10(15)11(9)14)12(16)4-2-1-3-5-12/h6-7H,1-5,15-16H2. The van der Waals surface area contributed by atoms with Gasteiger partial charge in [-0.3, -0.25) is 0 Å². The highest BCUT2D eigenvalue weighted by Gasteiger charge is 2.30. The van der Waals surface area contributed by atoms with Crippen LogP contribution in [0.1, 0.15) is 37.7 Å². The van der Waals surface area contributed by atoms with Crippen LogP contribution in [0.15, 0.2) is 12.1 Å². The lowest BCUT2D eigenvalue weighted by Crippen LogP contribution is -2.38. The zero-order valence-electron chi connectivity index (χ0n) is 9.10. The van der Waals surface area contributed by atoms with Crippen molar-refractivity contribution < 1.29 is 8.78 Å². The Hall–Kier alpha value is -1.16. The van der Waals surface area contributed by atoms with E-state index in [0.29, 0.717) is 5.56 Å². The molecule has 0 aromatic heterocycles. The molecule has 4 heteroatoms. The van der Waals surface area contributed by atoms with Crippen LogP contribution in [0.4, 0.5) is 14.5 Å². The first-order valence-electron chi connectivity index (χ1n) is 5.57. The van der Waals surface area contributed by atoms with Crippen molar-refractivity contribution in [3.63, 3.8) is 0 Å². The highest BCUT2D eigenvalue weighted by Crippen LogP contribution is 2.36. The minimum absolute atomic E-state index is 0.162. The van der Waals surface area contributed by atoms with Crippen molar-refractivity contribution in [1.82, 2.24) is 0 Å². The summed E-state index contributed by atoms with van der Waals surface area (Å²) in [6.07, 6.45) is 4.80. The van der Waals surface area contributed by atoms with Crippen molar-refractivity contribution >= 4 is 5.69 Å². The van der Waals surface area contributed by atoms with E-state index in [1.54, 1.807) is 0 Å². The molecule has 0 aliphatic heterocycles. The Morgan fingerprint density at radius 3 is 2.25 bits per heavy atom. The van der Waals surface area contributed by atoms with Crippen LogP contribution in [0.25, 0.3) is 0 Å². The molecule has 2 nitrogen and oxygen atoms in total. The van der Waals surface area contributed by atoms with E-state index in [4.69, 9.17) is 11.5 Å². The number of hydrogen-bond acceptors (Lipinski definition) is 2. The Balaban J connectivity index is 2.39. The van der Waals surface area contributed by atoms with Gasteiger partial charge in [-0.1, -0.05) is 19.3 Å². The molecule has 88 valence electrons. The maximum atomic E-state index is 13.3. The third-order valence-corrected chi connectivity index (χ3v) is 3.38. The molecular formula is C12H16F2N2. The second-order valence-corrected chi connectivity index (χ2v) is 4.58. The minimum atomic E-state index is -0.983. The Bertz CT molecular complexity index is 375. The summed E-state index contributed by atoms with van der Waals surface area (Å²) in [6.45, 7) is 0. The number of rotatable bonds is 1. The summed E-state index contributed by atoms with van der Waals surface area (Å²) >= 11 is 0. The van der Waals surface area contributed by atoms with E-state index in [-0.39, 0.29) is 5.69 Å². The minimum Gasteiger partial charge on any atom is -0.396 e. The molecule has 1 aromatic rings. The van der Waals surface area contributed by atoms with E-state index < -0.39 is 17.2 Å². The molecular weight excluding hydrogens is 210 g/mol. The highest BCUT2D eigenvalue weighted by molar-refractivity contribution is 5.45. The fourth-order valence-corrected chi connectivity index (χ4v) is 2.37. The summed E-state index contributed by atoms with van der Waals surface area (Å²) in [6, 6.07) is 2.64. The van der Waals surface area contributed by atoms with Gasteiger partial charge in [0.2, 0.25) is 0 Å². The molecule has 4 N–H and O–H groups in total. The van der Waals surface area contributed by atoms with Crippen molar-refractivity contribution in [3.8, 4) is 0 Å². The molecule has 1 aliphatic rings. The Morgan fingerprint density at radius 2 is 1.69 bits per heavy atom. The molecule has 1 aliphatic carbocycles. The van der Waals surface area contributed by atoms with E-state index in [1.165, 1.54) is 12.1 Å². The molecule has 1 saturated carbocycles. The number of nitrogen functional groups attached to an aromatic ring is 1. The van der Waals surface area contributed by atoms with Crippen LogP contribution in [0.3, 0.4) is 0 Å². The average Bonchev–Trinajstić information content (AvgIpc) is 2.26. The van der Waals surface area contributed by atoms with Gasteiger partial charge in [-0.2, -0.15) is 0 Å². The van der Waals surface area contributed by atoms with Crippen LogP contribution in [-0.4, -0.2) is 0 Å². The zero-order chi connectivity index (χ0) is 11.8. The molecule has 16 heavy (non-hydrogen) atoms. The van der Waals surface area contributed by atoms with Gasteiger partial charge in [-0.25, -0.2) is 8.78 Å². The zero-order valence-corrected chi connectivity index (χ0v) is 9.10. The molecule has 0 radical (unpaired) electrons. The summed E-state index contributed by atoms with van der Waals surface area (Å²) in [5.74, 6) is -1.89. The number of benzene rings is 1. The van der Waals surface area contributed by atoms with Gasteiger partial charge in [-0.15, -0.1) is 0 Å². The second-order valence-electron chi connectivity index (χ2n) is 4.58. The van der Waals surface area contributed by atoms with Gasteiger partial charge in [0, 0.05) is 5.54 Å². The molecule has 0 spiro atoms. The quantitative estimate of drug-likeness (QED) is 0.723. The summed E-state index contributed by atoms with van der Waals surface area (Å²) in [7, 11) is 0. The molecule has 1 fully saturated rings. The van der Waals surface area contributed by atoms with E-state index in [2.05, 4.69) is 0 Å². The molecule has 2 rings (SSSR count). The molecule has 0 amide bonds. The first-order chi connectivity index (χ1) is 7.53. The van der Waals surface area contributed by atoms with Crippen LogP contribution in [-0.2, 0) is 5.54 Å². The molecule has 0 atom stereocenters. The SMILES string of the molecule is Nc1cc(C2(N)CCCCC2)cc(F)c1F. The first-order valence-corrected chi connectivity index (χ1v) is 5.57. The van der Waals surface area contributed by atoms with E-state index in [0.717, 1.165) is 32.1 Å². The van der Waals surface area contributed by atoms with Gasteiger partial charge in [0.05, 0.1) is 5.69 Å². The lowest BCUT2D eigenvalue weighted by Gasteiger charge is -2.34. The number of halogens is 2. The van der Waals surface area contributed by atoms with Gasteiger partial charge in [0.25, 0.3) is 0 Å². The highest BCUT2D eigenvalue weighted by atomic mass is 19.2. The van der Waals surface area contributed by atoms with Gasteiger partial charge in [-0.05, 0) is 30.5 Å². The lowest BCUT2D eigenvalue weighted by atomic mass is 9.77. The third kappa shape index (κ3) is 1.89. The number of anilines is 1. The predicted molar refractivity (Wildman–Crippen MR) is 59.7 cm³/mol. The Kier molecular flexibility index (Phi) is 2.84. The largest absolute Gasteiger partial charge is 0.396 e. The van der Waals surface area contributed by atoms with Gasteiger partial charge < -0.3 is 11.5 Å². The fourth-order valence-electron chi connectivity index (χ4n) is 2.37. The first kappa shape index (κ1) is 11.3. The monoisotopic (exact) mass is 226 g/mol. The van der Waals surface area contributed by atoms with E-state index in [9.17, 15) is 8.78 Å². The van der Waals surface area contributed by atoms with Crippen molar-refractivity contribution in [2.24, 2.45) is 5.73 Å². The van der Waals surface area contributed by atoms with Gasteiger partial charge in [0.1, 0.15) is 0 Å². The van der Waals surface area contributed by atoms with Crippen molar-refractivity contribution in [3.05, 3.63) is 29.3 Å². The van der Waals surface area contributed by atoms with Crippen LogP contribution >= 0.6 is 0 Å². The van der Waals surface area contributed by atoms with Crippen LogP contribution in [0.2, 0.25) is 0 Å². The summed E-state index contributed by atoms with van der Waals surface area (Å²) in [5, 5.41) is 0. The van der Waals surface area contributed by atoms with E-state index >= 15 is 0 Å². The van der Waals surface area contributed by atoms with Crippen LogP contribution in [0.5, 0.6) is 0 Å². The molecule has 0 bridgehead atoms. The van der Waals surface area contributed by atoms with Crippen molar-refractivity contribution in [1.29, 1.82) is 0 Å². The maximum absolute atomic E-state index is 13.3. The Morgan fingerprint density at radius 1 is 1.06 bits per heavy atom. The summed E-state index contributed by atoms with van der Waals surface area (Å²) < 4.78 is 26.3. The number of hydrogen-bond donors (Lipinski definition) is 2. The molecule has 0 heterocycles. The maximum Gasteiger partial charge on any atom is 0.181 e. The topological polar surface area (TPSA) is 52.0 Å². The number of nitrogens with two attached hydrogens (primary N) is 2. The van der Waals surface area contributed by atoms with Crippen LogP contribution in [0, 0.1) is 11.6 Å². The van der Waals surface area contributed by atoms with Crippen molar-refractivity contribution in [2.75, 3.05) is 5.73 Å². The third-order valence-electron chi connectivity index (χ3n) is 3.38. The molecule has 1 aromatic carbocycles. The molecule has 0 unspecified atom stereocenters. The summed E-state index contributed by atoms with van der Waals surface area (Å²) in [4.78, 5) is 0. The van der Waals surface area contributed by atoms with Gasteiger partial charge in [0.15, 0.2) is 11.6 Å². The smallest absolute Gasteiger partial charge is 0.181 e. The van der Waals surface area contributed by atoms with Crippen LogP contribution < -0.4 is 11.5 Å². The second kappa shape index (κ2) is 4.01. The van der Waals surface area contributed by atoms with Crippen molar-refractivity contribution in [2.45, 2.75) is 37.6 Å². The van der Waals surface area contributed by atoms with E-state index in [1.807, 2.05) is 0 Å². The summed E-state index contributed by atoms with van der Waals surface area (Å²) in [5.41, 5.74) is 11.6. The molecule has 0 saturated heterocycles. The fraction of sp³-hybridized carbons (Fsp3) is 0.500. The Labute approximate surface area is 93.6 Å². The average molecular weight is 226 g/mol. The normalized spacial score (nSPS) is 19.7.